The first-order valence-electron chi connectivity index (χ1n) is 7.77. The Hall–Kier alpha value is -1.20. The number of nitrogens with zero attached hydrogens (tertiary/aromatic N) is 4. The lowest BCUT2D eigenvalue weighted by molar-refractivity contribution is 0.0921. The average Bonchev–Trinajstić information content (AvgIpc) is 2.92. The summed E-state index contributed by atoms with van der Waals surface area (Å²) in [6.07, 6.45) is 5.64. The van der Waals surface area contributed by atoms with Gasteiger partial charge in [0.05, 0.1) is 6.54 Å². The monoisotopic (exact) mass is 275 g/mol. The lowest BCUT2D eigenvalue weighted by Gasteiger charge is -2.37. The van der Waals surface area contributed by atoms with E-state index in [0.29, 0.717) is 5.82 Å². The molecule has 110 valence electrons. The number of hydrogen-bond donors (Lipinski definition) is 1. The Kier molecular flexibility index (Phi) is 4.17. The molecule has 1 aromatic rings. The van der Waals surface area contributed by atoms with E-state index in [4.69, 9.17) is 5.73 Å². The summed E-state index contributed by atoms with van der Waals surface area (Å²) in [5, 5.41) is 0. The zero-order valence-corrected chi connectivity index (χ0v) is 12.4. The van der Waals surface area contributed by atoms with Gasteiger partial charge in [0, 0.05) is 44.0 Å². The molecule has 1 saturated carbocycles. The van der Waals surface area contributed by atoms with Crippen molar-refractivity contribution in [2.24, 2.45) is 0 Å². The Balaban J connectivity index is 1.53. The van der Waals surface area contributed by atoms with Gasteiger partial charge in [0.2, 0.25) is 0 Å². The normalized spacial score (nSPS) is 22.4. The van der Waals surface area contributed by atoms with Crippen LogP contribution in [0, 0.1) is 6.92 Å². The third kappa shape index (κ3) is 3.27. The summed E-state index contributed by atoms with van der Waals surface area (Å²) in [5.74, 6) is 1.44. The van der Waals surface area contributed by atoms with Crippen LogP contribution >= 0.6 is 0 Å². The Morgan fingerprint density at radius 2 is 1.85 bits per heavy atom. The number of hydrogen-bond acceptors (Lipinski definition) is 5. The molecule has 2 N–H and O–H groups in total. The summed E-state index contributed by atoms with van der Waals surface area (Å²) in [7, 11) is 0. The number of anilines is 1. The minimum Gasteiger partial charge on any atom is -0.384 e. The van der Waals surface area contributed by atoms with E-state index in [1.807, 2.05) is 13.0 Å². The molecule has 3 rings (SSSR count). The Morgan fingerprint density at radius 1 is 1.15 bits per heavy atom. The summed E-state index contributed by atoms with van der Waals surface area (Å²) in [6.45, 7) is 7.41. The zero-order chi connectivity index (χ0) is 13.9. The molecule has 2 aliphatic rings. The van der Waals surface area contributed by atoms with Crippen molar-refractivity contribution in [1.82, 2.24) is 19.8 Å². The van der Waals surface area contributed by atoms with Gasteiger partial charge in [-0.2, -0.15) is 0 Å². The molecule has 0 bridgehead atoms. The van der Waals surface area contributed by atoms with Crippen LogP contribution in [0.2, 0.25) is 0 Å². The third-order valence-electron chi connectivity index (χ3n) is 4.53. The van der Waals surface area contributed by atoms with Crippen LogP contribution in [0.3, 0.4) is 0 Å². The first kappa shape index (κ1) is 13.8. The van der Waals surface area contributed by atoms with E-state index in [1.54, 1.807) is 0 Å². The van der Waals surface area contributed by atoms with E-state index < -0.39 is 0 Å². The van der Waals surface area contributed by atoms with Gasteiger partial charge in [-0.25, -0.2) is 9.97 Å². The van der Waals surface area contributed by atoms with Crippen molar-refractivity contribution in [3.05, 3.63) is 17.6 Å². The highest BCUT2D eigenvalue weighted by Gasteiger charge is 2.26. The second-order valence-corrected chi connectivity index (χ2v) is 6.10. The van der Waals surface area contributed by atoms with Crippen LogP contribution in [0.4, 0.5) is 5.82 Å². The van der Waals surface area contributed by atoms with Crippen LogP contribution in [-0.4, -0.2) is 52.0 Å². The lowest BCUT2D eigenvalue weighted by Crippen LogP contribution is -2.49. The topological polar surface area (TPSA) is 58.3 Å². The Morgan fingerprint density at radius 3 is 2.50 bits per heavy atom. The van der Waals surface area contributed by atoms with Crippen LogP contribution in [0.25, 0.3) is 0 Å². The zero-order valence-electron chi connectivity index (χ0n) is 12.4. The van der Waals surface area contributed by atoms with Crippen molar-refractivity contribution in [3.8, 4) is 0 Å². The van der Waals surface area contributed by atoms with Gasteiger partial charge in [-0.05, 0) is 19.8 Å². The van der Waals surface area contributed by atoms with Crippen molar-refractivity contribution in [1.29, 1.82) is 0 Å². The largest absolute Gasteiger partial charge is 0.384 e. The molecule has 1 saturated heterocycles. The van der Waals surface area contributed by atoms with Gasteiger partial charge in [0.1, 0.15) is 11.6 Å². The minimum atomic E-state index is 0.581. The summed E-state index contributed by atoms with van der Waals surface area (Å²) >= 11 is 0. The van der Waals surface area contributed by atoms with Crippen molar-refractivity contribution in [2.45, 2.75) is 45.2 Å². The van der Waals surface area contributed by atoms with Crippen molar-refractivity contribution in [3.63, 3.8) is 0 Å². The fourth-order valence-corrected chi connectivity index (χ4v) is 3.48. The molecule has 1 aromatic heterocycles. The summed E-state index contributed by atoms with van der Waals surface area (Å²) in [6, 6.07) is 2.67. The van der Waals surface area contributed by atoms with Gasteiger partial charge in [0.15, 0.2) is 0 Å². The Labute approximate surface area is 121 Å². The standard InChI is InChI=1S/C15H25N5/c1-12-10-14(16)18-15(17-12)11-19-6-8-20(9-7-19)13-4-2-3-5-13/h10,13H,2-9,11H2,1H3,(H2,16,17,18). The van der Waals surface area contributed by atoms with Crippen LogP contribution in [0.15, 0.2) is 6.07 Å². The van der Waals surface area contributed by atoms with Crippen molar-refractivity contribution >= 4 is 5.82 Å². The fourth-order valence-electron chi connectivity index (χ4n) is 3.48. The quantitative estimate of drug-likeness (QED) is 0.904. The van der Waals surface area contributed by atoms with E-state index in [2.05, 4.69) is 19.8 Å². The molecule has 5 nitrogen and oxygen atoms in total. The van der Waals surface area contributed by atoms with E-state index in [-0.39, 0.29) is 0 Å². The third-order valence-corrected chi connectivity index (χ3v) is 4.53. The van der Waals surface area contributed by atoms with Crippen molar-refractivity contribution < 1.29 is 0 Å². The molecular formula is C15H25N5. The highest BCUT2D eigenvalue weighted by atomic mass is 15.3. The number of aromatic nitrogens is 2. The smallest absolute Gasteiger partial charge is 0.144 e. The van der Waals surface area contributed by atoms with Gasteiger partial charge < -0.3 is 5.73 Å². The summed E-state index contributed by atoms with van der Waals surface area (Å²) in [4.78, 5) is 13.9. The van der Waals surface area contributed by atoms with Gasteiger partial charge in [-0.15, -0.1) is 0 Å². The number of nitrogens with two attached hydrogens (primary N) is 1. The minimum absolute atomic E-state index is 0.581. The van der Waals surface area contributed by atoms with E-state index in [0.717, 1.165) is 37.2 Å². The number of aryl methyl sites for hydroxylation is 1. The lowest BCUT2D eigenvalue weighted by atomic mass is 10.2. The van der Waals surface area contributed by atoms with Gasteiger partial charge in [-0.1, -0.05) is 12.8 Å². The summed E-state index contributed by atoms with van der Waals surface area (Å²) in [5.41, 5.74) is 6.75. The first-order valence-corrected chi connectivity index (χ1v) is 7.77. The predicted octanol–water partition coefficient (Wildman–Crippen LogP) is 1.43. The predicted molar refractivity (Wildman–Crippen MR) is 80.3 cm³/mol. The van der Waals surface area contributed by atoms with Gasteiger partial charge in [0.25, 0.3) is 0 Å². The molecule has 2 fully saturated rings. The second-order valence-electron chi connectivity index (χ2n) is 6.10. The molecular weight excluding hydrogens is 250 g/mol. The molecule has 0 amide bonds. The van der Waals surface area contributed by atoms with E-state index in [9.17, 15) is 0 Å². The average molecular weight is 275 g/mol. The van der Waals surface area contributed by atoms with Gasteiger partial charge >= 0.3 is 0 Å². The van der Waals surface area contributed by atoms with Crippen molar-refractivity contribution in [2.75, 3.05) is 31.9 Å². The molecule has 5 heteroatoms. The molecule has 20 heavy (non-hydrogen) atoms. The van der Waals surface area contributed by atoms with E-state index >= 15 is 0 Å². The maximum atomic E-state index is 5.79. The molecule has 0 unspecified atom stereocenters. The molecule has 2 heterocycles. The first-order chi connectivity index (χ1) is 9.70. The fraction of sp³-hybridized carbons (Fsp3) is 0.733. The molecule has 0 aromatic carbocycles. The second kappa shape index (κ2) is 6.06. The highest BCUT2D eigenvalue weighted by molar-refractivity contribution is 5.29. The molecule has 1 aliphatic heterocycles. The highest BCUT2D eigenvalue weighted by Crippen LogP contribution is 2.24. The number of nitrogen functional groups attached to an aromatic ring is 1. The SMILES string of the molecule is Cc1cc(N)nc(CN2CCN(C3CCCC3)CC2)n1. The maximum Gasteiger partial charge on any atom is 0.144 e. The molecule has 1 aliphatic carbocycles. The number of rotatable bonds is 3. The molecule has 0 radical (unpaired) electrons. The maximum absolute atomic E-state index is 5.79. The Bertz CT molecular complexity index is 427. The molecule has 0 spiro atoms. The number of piperazine rings is 1. The van der Waals surface area contributed by atoms with E-state index in [1.165, 1.54) is 38.8 Å². The van der Waals surface area contributed by atoms with Crippen LogP contribution < -0.4 is 5.73 Å². The summed E-state index contributed by atoms with van der Waals surface area (Å²) < 4.78 is 0. The van der Waals surface area contributed by atoms with Crippen LogP contribution in [0.5, 0.6) is 0 Å². The van der Waals surface area contributed by atoms with Crippen LogP contribution in [0.1, 0.15) is 37.2 Å². The van der Waals surface area contributed by atoms with Crippen LogP contribution in [-0.2, 0) is 6.54 Å². The molecule has 0 atom stereocenters. The van der Waals surface area contributed by atoms with Gasteiger partial charge in [-0.3, -0.25) is 9.80 Å².